The smallest absolute Gasteiger partial charge is 0.334 e. The Morgan fingerprint density at radius 3 is 2.39 bits per heavy atom. The predicted octanol–water partition coefficient (Wildman–Crippen LogP) is 5.51. The third-order valence-electron chi connectivity index (χ3n) is 8.19. The van der Waals surface area contributed by atoms with Gasteiger partial charge in [0.1, 0.15) is 12.2 Å². The maximum Gasteiger partial charge on any atom is 0.334 e. The molecular weight excluding hydrogens is 520 g/mol. The van der Waals surface area contributed by atoms with E-state index in [1.807, 2.05) is 59.8 Å². The van der Waals surface area contributed by atoms with Crippen molar-refractivity contribution in [3.8, 4) is 0 Å². The van der Waals surface area contributed by atoms with Gasteiger partial charge >= 0.3 is 5.97 Å². The Morgan fingerprint density at radius 2 is 1.80 bits per heavy atom. The van der Waals surface area contributed by atoms with E-state index in [1.165, 1.54) is 13.2 Å². The molecule has 0 aliphatic carbocycles. The molecule has 1 rings (SSSR count). The number of hydrogen-bond acceptors (Lipinski definition) is 7. The Morgan fingerprint density at radius 1 is 1.17 bits per heavy atom. The summed E-state index contributed by atoms with van der Waals surface area (Å²) in [5, 5.41) is 32.1. The summed E-state index contributed by atoms with van der Waals surface area (Å²) in [4.78, 5) is 26.2. The fraction of sp³-hybridized carbons (Fsp3) is 0.647. The first-order chi connectivity index (χ1) is 19.1. The van der Waals surface area contributed by atoms with E-state index in [1.54, 1.807) is 39.0 Å². The largest absolute Gasteiger partial charge is 0.456 e. The van der Waals surface area contributed by atoms with Gasteiger partial charge in [0.2, 0.25) is 0 Å². The van der Waals surface area contributed by atoms with Gasteiger partial charge in [0.15, 0.2) is 5.78 Å². The first-order valence-electron chi connectivity index (χ1n) is 14.8. The number of methoxy groups -OCH3 is 1. The van der Waals surface area contributed by atoms with Crippen molar-refractivity contribution in [2.24, 2.45) is 29.6 Å². The molecule has 0 aromatic heterocycles. The number of ketones is 1. The predicted molar refractivity (Wildman–Crippen MR) is 164 cm³/mol. The third kappa shape index (κ3) is 11.5. The zero-order valence-electron chi connectivity index (χ0n) is 26.7. The summed E-state index contributed by atoms with van der Waals surface area (Å²) in [6, 6.07) is 0. The van der Waals surface area contributed by atoms with Crippen LogP contribution < -0.4 is 0 Å². The first kappa shape index (κ1) is 36.7. The van der Waals surface area contributed by atoms with E-state index in [0.29, 0.717) is 18.4 Å². The van der Waals surface area contributed by atoms with Crippen molar-refractivity contribution in [2.45, 2.75) is 106 Å². The van der Waals surface area contributed by atoms with E-state index >= 15 is 0 Å². The normalized spacial score (nSPS) is 29.0. The monoisotopic (exact) mass is 574 g/mol. The summed E-state index contributed by atoms with van der Waals surface area (Å²) in [5.74, 6) is -2.52. The summed E-state index contributed by atoms with van der Waals surface area (Å²) in [6.45, 7) is 16.6. The van der Waals surface area contributed by atoms with Gasteiger partial charge in [-0.2, -0.15) is 0 Å². The lowest BCUT2D eigenvalue weighted by atomic mass is 9.84. The lowest BCUT2D eigenvalue weighted by Gasteiger charge is -2.33. The second-order valence-electron chi connectivity index (χ2n) is 12.0. The molecule has 41 heavy (non-hydrogen) atoms. The van der Waals surface area contributed by atoms with E-state index in [9.17, 15) is 24.9 Å². The summed E-state index contributed by atoms with van der Waals surface area (Å²) in [7, 11) is 1.51. The van der Waals surface area contributed by atoms with Crippen molar-refractivity contribution in [1.82, 2.24) is 0 Å². The maximum atomic E-state index is 13.2. The zero-order valence-corrected chi connectivity index (χ0v) is 26.7. The Labute approximate surface area is 247 Å². The van der Waals surface area contributed by atoms with Crippen LogP contribution in [0.25, 0.3) is 0 Å². The van der Waals surface area contributed by atoms with Gasteiger partial charge in [0.05, 0.1) is 18.3 Å². The van der Waals surface area contributed by atoms with Crippen molar-refractivity contribution >= 4 is 11.8 Å². The second-order valence-corrected chi connectivity index (χ2v) is 12.0. The number of carbonyl (C=O) groups is 2. The standard InChI is InChI=1S/C34H54O7/c1-11-28(35)22(4)15-16-29(36)26(8)32(38)27(9)33-30(40-10)14-12-13-20(2)17-23(5)31(37)24(6)18-21(3)19-25(7)34(39)41-33/h12-16,18-19,22-24,26-28,30-33,35,37-38H,11,17H2,1-10H3. The lowest BCUT2D eigenvalue weighted by molar-refractivity contribution is -0.158. The van der Waals surface area contributed by atoms with E-state index in [-0.39, 0.29) is 23.5 Å². The molecule has 3 N–H and O–H groups in total. The van der Waals surface area contributed by atoms with Crippen LogP contribution >= 0.6 is 0 Å². The van der Waals surface area contributed by atoms with Crippen molar-refractivity contribution in [1.29, 1.82) is 0 Å². The van der Waals surface area contributed by atoms with Crippen LogP contribution in [0.15, 0.2) is 59.3 Å². The van der Waals surface area contributed by atoms with Crippen LogP contribution in [0.1, 0.15) is 75.2 Å². The molecule has 0 bridgehead atoms. The molecule has 1 aliphatic rings. The number of carbonyl (C=O) groups excluding carboxylic acids is 2. The Hall–Kier alpha value is -2.32. The van der Waals surface area contributed by atoms with Crippen LogP contribution in [-0.4, -0.2) is 64.7 Å². The molecule has 0 amide bonds. The molecule has 0 saturated heterocycles. The number of allylic oxidation sites excluding steroid dienone is 6. The highest BCUT2D eigenvalue weighted by Crippen LogP contribution is 2.27. The Bertz CT molecular complexity index is 1000. The molecule has 0 spiro atoms. The minimum absolute atomic E-state index is 0.0316. The molecule has 1 heterocycles. The van der Waals surface area contributed by atoms with Gasteiger partial charge in [-0.25, -0.2) is 4.79 Å². The minimum atomic E-state index is -1.13. The van der Waals surface area contributed by atoms with Crippen molar-refractivity contribution in [2.75, 3.05) is 7.11 Å². The topological polar surface area (TPSA) is 113 Å². The minimum Gasteiger partial charge on any atom is -0.456 e. The first-order valence-corrected chi connectivity index (χ1v) is 14.8. The van der Waals surface area contributed by atoms with E-state index in [4.69, 9.17) is 9.47 Å². The van der Waals surface area contributed by atoms with Gasteiger partial charge in [0, 0.05) is 36.4 Å². The molecule has 7 nitrogen and oxygen atoms in total. The van der Waals surface area contributed by atoms with Crippen LogP contribution in [0.2, 0.25) is 0 Å². The number of cyclic esters (lactones) is 1. The summed E-state index contributed by atoms with van der Waals surface area (Å²) in [6.07, 6.45) is 9.82. The highest BCUT2D eigenvalue weighted by molar-refractivity contribution is 5.92. The fourth-order valence-corrected chi connectivity index (χ4v) is 5.23. The lowest BCUT2D eigenvalue weighted by Crippen LogP contribution is -2.45. The van der Waals surface area contributed by atoms with E-state index in [0.717, 1.165) is 11.1 Å². The summed E-state index contributed by atoms with van der Waals surface area (Å²) < 4.78 is 11.7. The number of ether oxygens (including phenoxy) is 2. The second kappa shape index (κ2) is 17.6. The van der Waals surface area contributed by atoms with Gasteiger partial charge < -0.3 is 24.8 Å². The zero-order chi connectivity index (χ0) is 31.4. The van der Waals surface area contributed by atoms with Gasteiger partial charge in [-0.3, -0.25) is 4.79 Å². The molecule has 232 valence electrons. The average Bonchev–Trinajstić information content (AvgIpc) is 2.93. The highest BCUT2D eigenvalue weighted by atomic mass is 16.6. The molecule has 0 aromatic rings. The average molecular weight is 575 g/mol. The molecule has 10 unspecified atom stereocenters. The van der Waals surface area contributed by atoms with Crippen LogP contribution in [0.5, 0.6) is 0 Å². The number of aliphatic hydroxyl groups is 3. The van der Waals surface area contributed by atoms with Gasteiger partial charge in [0.25, 0.3) is 0 Å². The van der Waals surface area contributed by atoms with Crippen molar-refractivity contribution < 1.29 is 34.4 Å². The van der Waals surface area contributed by atoms with Gasteiger partial charge in [-0.15, -0.1) is 0 Å². The van der Waals surface area contributed by atoms with E-state index in [2.05, 4.69) is 0 Å². The Kier molecular flexibility index (Phi) is 15.8. The molecule has 0 radical (unpaired) electrons. The Balaban J connectivity index is 3.41. The quantitative estimate of drug-likeness (QED) is 0.246. The van der Waals surface area contributed by atoms with Crippen molar-refractivity contribution in [3.63, 3.8) is 0 Å². The number of esters is 1. The molecule has 10 atom stereocenters. The third-order valence-corrected chi connectivity index (χ3v) is 8.19. The summed E-state index contributed by atoms with van der Waals surface area (Å²) in [5.41, 5.74) is 2.28. The molecule has 0 fully saturated rings. The van der Waals surface area contributed by atoms with Crippen LogP contribution in [-0.2, 0) is 19.1 Å². The SMILES string of the molecule is CCC(O)C(C)C=CC(=O)C(C)C(O)C(C)C1OC(=O)C(C)=CC(C)=CC(C)C(O)C(C)CC(C)=CC=CC1OC. The van der Waals surface area contributed by atoms with Crippen LogP contribution in [0.4, 0.5) is 0 Å². The number of hydrogen-bond donors (Lipinski definition) is 3. The summed E-state index contributed by atoms with van der Waals surface area (Å²) >= 11 is 0. The molecule has 0 aromatic carbocycles. The van der Waals surface area contributed by atoms with Crippen LogP contribution in [0, 0.1) is 29.6 Å². The van der Waals surface area contributed by atoms with Gasteiger partial charge in [-0.1, -0.05) is 83.1 Å². The van der Waals surface area contributed by atoms with Crippen LogP contribution in [0.3, 0.4) is 0 Å². The van der Waals surface area contributed by atoms with Gasteiger partial charge in [-0.05, 0) is 51.7 Å². The molecular formula is C34H54O7. The molecule has 0 saturated carbocycles. The number of aliphatic hydroxyl groups excluding tert-OH is 3. The fourth-order valence-electron chi connectivity index (χ4n) is 5.23. The highest BCUT2D eigenvalue weighted by Gasteiger charge is 2.37. The molecule has 7 heteroatoms. The van der Waals surface area contributed by atoms with E-state index < -0.39 is 48.3 Å². The number of rotatable bonds is 9. The maximum absolute atomic E-state index is 13.2. The molecule has 1 aliphatic heterocycles. The van der Waals surface area contributed by atoms with Crippen molar-refractivity contribution in [3.05, 3.63) is 59.3 Å².